The van der Waals surface area contributed by atoms with Crippen LogP contribution in [-0.4, -0.2) is 18.4 Å². The summed E-state index contributed by atoms with van der Waals surface area (Å²) in [6.07, 6.45) is 1.18. The van der Waals surface area contributed by atoms with Gasteiger partial charge in [-0.1, -0.05) is 18.5 Å². The van der Waals surface area contributed by atoms with Crippen molar-refractivity contribution in [2.45, 2.75) is 19.8 Å². The highest BCUT2D eigenvalue weighted by molar-refractivity contribution is 6.34. The van der Waals surface area contributed by atoms with Gasteiger partial charge in [-0.3, -0.25) is 9.59 Å². The summed E-state index contributed by atoms with van der Waals surface area (Å²) in [5, 5.41) is 5.93. The first kappa shape index (κ1) is 16.3. The number of anilines is 2. The maximum Gasteiger partial charge on any atom is 0.255 e. The van der Waals surface area contributed by atoms with Crippen LogP contribution < -0.4 is 15.4 Å². The van der Waals surface area contributed by atoms with Gasteiger partial charge in [-0.25, -0.2) is 0 Å². The molecule has 3 rings (SSSR count). The summed E-state index contributed by atoms with van der Waals surface area (Å²) in [6.45, 7) is 2.41. The lowest BCUT2D eigenvalue weighted by Crippen LogP contribution is -2.13. The summed E-state index contributed by atoms with van der Waals surface area (Å²) in [5.74, 6) is 0.465. The van der Waals surface area contributed by atoms with E-state index in [0.29, 0.717) is 35.0 Å². The zero-order valence-electron chi connectivity index (χ0n) is 13.2. The van der Waals surface area contributed by atoms with Crippen molar-refractivity contribution in [1.82, 2.24) is 0 Å². The summed E-state index contributed by atoms with van der Waals surface area (Å²) in [7, 11) is 0. The predicted molar refractivity (Wildman–Crippen MR) is 94.0 cm³/mol. The number of rotatable bonds is 4. The van der Waals surface area contributed by atoms with E-state index in [9.17, 15) is 9.59 Å². The number of hydrogen-bond donors (Lipinski definition) is 2. The molecule has 0 bridgehead atoms. The molecule has 0 atom stereocenters. The Hall–Kier alpha value is -2.53. The fourth-order valence-corrected chi connectivity index (χ4v) is 2.64. The van der Waals surface area contributed by atoms with Crippen LogP contribution in [-0.2, 0) is 11.2 Å². The van der Waals surface area contributed by atoms with Crippen LogP contribution >= 0.6 is 11.6 Å². The van der Waals surface area contributed by atoms with Crippen molar-refractivity contribution in [2.24, 2.45) is 0 Å². The normalized spacial score (nSPS) is 12.2. The van der Waals surface area contributed by atoms with Crippen molar-refractivity contribution >= 4 is 34.8 Å². The maximum absolute atomic E-state index is 12.5. The van der Waals surface area contributed by atoms with Crippen LogP contribution in [0.3, 0.4) is 0 Å². The van der Waals surface area contributed by atoms with Gasteiger partial charge in [-0.2, -0.15) is 0 Å². The number of amides is 2. The quantitative estimate of drug-likeness (QED) is 0.884. The molecule has 0 aromatic heterocycles. The third-order valence-corrected chi connectivity index (χ3v) is 4.10. The Morgan fingerprint density at radius 1 is 1.17 bits per heavy atom. The average Bonchev–Trinajstić information content (AvgIpc) is 3.05. The van der Waals surface area contributed by atoms with E-state index in [4.69, 9.17) is 16.3 Å². The number of ether oxygens (including phenoxy) is 1. The van der Waals surface area contributed by atoms with Gasteiger partial charge in [0, 0.05) is 24.1 Å². The van der Waals surface area contributed by atoms with Crippen LogP contribution in [0.4, 0.5) is 11.4 Å². The standard InChI is InChI=1S/C18H17ClN2O3/c1-2-17(22)20-13-4-5-14(19)15(10-13)21-18(23)12-3-6-16-11(9-12)7-8-24-16/h3-6,9-10H,2,7-8H2,1H3,(H,20,22)(H,21,23). The van der Waals surface area contributed by atoms with Gasteiger partial charge < -0.3 is 15.4 Å². The minimum Gasteiger partial charge on any atom is -0.493 e. The van der Waals surface area contributed by atoms with Crippen molar-refractivity contribution in [2.75, 3.05) is 17.2 Å². The molecule has 5 nitrogen and oxygen atoms in total. The molecule has 6 heteroatoms. The minimum absolute atomic E-state index is 0.103. The maximum atomic E-state index is 12.5. The highest BCUT2D eigenvalue weighted by atomic mass is 35.5. The third kappa shape index (κ3) is 3.51. The molecule has 1 aliphatic rings. The first-order valence-electron chi connectivity index (χ1n) is 7.73. The lowest BCUT2D eigenvalue weighted by atomic mass is 10.1. The number of carbonyl (C=O) groups is 2. The first-order chi connectivity index (χ1) is 11.6. The van der Waals surface area contributed by atoms with Gasteiger partial charge in [0.2, 0.25) is 5.91 Å². The van der Waals surface area contributed by atoms with Crippen molar-refractivity contribution in [1.29, 1.82) is 0 Å². The SMILES string of the molecule is CCC(=O)Nc1ccc(Cl)c(NC(=O)c2ccc3c(c2)CCO3)c1. The van der Waals surface area contributed by atoms with Gasteiger partial charge in [0.25, 0.3) is 5.91 Å². The van der Waals surface area contributed by atoms with Crippen LogP contribution in [0.5, 0.6) is 5.75 Å². The smallest absolute Gasteiger partial charge is 0.255 e. The Morgan fingerprint density at radius 2 is 2.00 bits per heavy atom. The number of fused-ring (bicyclic) bond motifs is 1. The second-order valence-corrected chi connectivity index (χ2v) is 5.88. The van der Waals surface area contributed by atoms with Gasteiger partial charge in [0.1, 0.15) is 5.75 Å². The van der Waals surface area contributed by atoms with Crippen molar-refractivity contribution < 1.29 is 14.3 Å². The highest BCUT2D eigenvalue weighted by Crippen LogP contribution is 2.28. The molecule has 2 aromatic carbocycles. The molecule has 0 radical (unpaired) electrons. The Bertz CT molecular complexity index is 805. The molecule has 1 aliphatic heterocycles. The number of halogens is 1. The van der Waals surface area contributed by atoms with E-state index in [0.717, 1.165) is 17.7 Å². The Morgan fingerprint density at radius 3 is 2.79 bits per heavy atom. The van der Waals surface area contributed by atoms with Crippen molar-refractivity contribution in [3.8, 4) is 5.75 Å². The lowest BCUT2D eigenvalue weighted by Gasteiger charge is -2.11. The van der Waals surface area contributed by atoms with Crippen molar-refractivity contribution in [3.63, 3.8) is 0 Å². The summed E-state index contributed by atoms with van der Waals surface area (Å²) in [4.78, 5) is 23.9. The topological polar surface area (TPSA) is 67.4 Å². The summed E-state index contributed by atoms with van der Waals surface area (Å²) in [5.41, 5.74) is 2.60. The molecule has 0 fully saturated rings. The van der Waals surface area contributed by atoms with Gasteiger partial charge >= 0.3 is 0 Å². The molecular weight excluding hydrogens is 328 g/mol. The molecule has 0 spiro atoms. The van der Waals surface area contributed by atoms with Gasteiger partial charge in [-0.05, 0) is 42.0 Å². The van der Waals surface area contributed by atoms with E-state index in [-0.39, 0.29) is 11.8 Å². The zero-order chi connectivity index (χ0) is 17.1. The van der Waals surface area contributed by atoms with Gasteiger partial charge in [0.05, 0.1) is 17.3 Å². The fourth-order valence-electron chi connectivity index (χ4n) is 2.47. The number of benzene rings is 2. The summed E-state index contributed by atoms with van der Waals surface area (Å²) < 4.78 is 5.44. The number of carbonyl (C=O) groups excluding carboxylic acids is 2. The van der Waals surface area contributed by atoms with E-state index in [2.05, 4.69) is 10.6 Å². The second-order valence-electron chi connectivity index (χ2n) is 5.47. The molecule has 124 valence electrons. The van der Waals surface area contributed by atoms with E-state index >= 15 is 0 Å². The molecule has 24 heavy (non-hydrogen) atoms. The van der Waals surface area contributed by atoms with E-state index in [1.165, 1.54) is 0 Å². The molecule has 0 aliphatic carbocycles. The van der Waals surface area contributed by atoms with Crippen molar-refractivity contribution in [3.05, 3.63) is 52.5 Å². The summed E-state index contributed by atoms with van der Waals surface area (Å²) in [6, 6.07) is 10.3. The van der Waals surface area contributed by atoms with Crippen LogP contribution in [0.15, 0.2) is 36.4 Å². The van der Waals surface area contributed by atoms with Crippen LogP contribution in [0.2, 0.25) is 5.02 Å². The van der Waals surface area contributed by atoms with E-state index < -0.39 is 0 Å². The molecule has 2 amide bonds. The van der Waals surface area contributed by atoms with Gasteiger partial charge in [0.15, 0.2) is 0 Å². The zero-order valence-corrected chi connectivity index (χ0v) is 13.9. The predicted octanol–water partition coefficient (Wildman–Crippen LogP) is 3.88. The second kappa shape index (κ2) is 6.93. The first-order valence-corrected chi connectivity index (χ1v) is 8.11. The Balaban J connectivity index is 1.78. The Kier molecular flexibility index (Phi) is 4.71. The molecular formula is C18H17ClN2O3. The third-order valence-electron chi connectivity index (χ3n) is 3.77. The highest BCUT2D eigenvalue weighted by Gasteiger charge is 2.16. The van der Waals surface area contributed by atoms with Gasteiger partial charge in [-0.15, -0.1) is 0 Å². The lowest BCUT2D eigenvalue weighted by molar-refractivity contribution is -0.115. The molecule has 2 aromatic rings. The molecule has 0 saturated heterocycles. The monoisotopic (exact) mass is 344 g/mol. The number of hydrogen-bond acceptors (Lipinski definition) is 3. The van der Waals surface area contributed by atoms with Crippen LogP contribution in [0.25, 0.3) is 0 Å². The molecule has 1 heterocycles. The largest absolute Gasteiger partial charge is 0.493 e. The minimum atomic E-state index is -0.259. The summed E-state index contributed by atoms with van der Waals surface area (Å²) >= 11 is 6.14. The Labute approximate surface area is 145 Å². The molecule has 2 N–H and O–H groups in total. The van der Waals surface area contributed by atoms with Crippen LogP contribution in [0, 0.1) is 0 Å². The van der Waals surface area contributed by atoms with E-state index in [1.54, 1.807) is 37.3 Å². The van der Waals surface area contributed by atoms with Crippen LogP contribution in [0.1, 0.15) is 29.3 Å². The average molecular weight is 345 g/mol. The molecule has 0 saturated carbocycles. The fraction of sp³-hybridized carbons (Fsp3) is 0.222. The number of nitrogens with one attached hydrogen (secondary N) is 2. The van der Waals surface area contributed by atoms with E-state index in [1.807, 2.05) is 6.07 Å². The molecule has 0 unspecified atom stereocenters.